The van der Waals surface area contributed by atoms with Gasteiger partial charge in [0.2, 0.25) is 0 Å². The van der Waals surface area contributed by atoms with Crippen molar-refractivity contribution in [1.29, 1.82) is 0 Å². The lowest BCUT2D eigenvalue weighted by atomic mass is 9.99. The van der Waals surface area contributed by atoms with Gasteiger partial charge in [-0.05, 0) is 39.2 Å². The lowest BCUT2D eigenvalue weighted by Crippen LogP contribution is -2.21. The van der Waals surface area contributed by atoms with Gasteiger partial charge in [0.15, 0.2) is 0 Å². The van der Waals surface area contributed by atoms with E-state index in [-0.39, 0.29) is 18.6 Å². The lowest BCUT2D eigenvalue weighted by Gasteiger charge is -2.15. The van der Waals surface area contributed by atoms with Crippen molar-refractivity contribution in [3.05, 3.63) is 74.9 Å². The average molecular weight is 405 g/mol. The van der Waals surface area contributed by atoms with Gasteiger partial charge in [-0.25, -0.2) is 9.18 Å². The molecule has 1 amide bonds. The van der Waals surface area contributed by atoms with Crippen molar-refractivity contribution >= 4 is 27.5 Å². The molecule has 0 spiro atoms. The van der Waals surface area contributed by atoms with Crippen molar-refractivity contribution in [2.75, 3.05) is 6.61 Å². The third kappa shape index (κ3) is 3.41. The first-order valence-electron chi connectivity index (χ1n) is 7.49. The number of hydrogen-bond acceptors (Lipinski definition) is 3. The van der Waals surface area contributed by atoms with Gasteiger partial charge in [0.05, 0.1) is 17.7 Å². The molecule has 0 aliphatic rings. The number of amides is 1. The van der Waals surface area contributed by atoms with E-state index in [1.54, 1.807) is 12.1 Å². The minimum absolute atomic E-state index is 0.0323. The molecule has 0 fully saturated rings. The number of benzene rings is 1. The van der Waals surface area contributed by atoms with E-state index in [2.05, 4.69) is 15.9 Å². The molecule has 0 radical (unpaired) electrons. The maximum Gasteiger partial charge on any atom is 0.404 e. The molecule has 3 rings (SSSR count). The van der Waals surface area contributed by atoms with Gasteiger partial charge in [-0.3, -0.25) is 9.20 Å². The van der Waals surface area contributed by atoms with Crippen LogP contribution >= 0.6 is 15.9 Å². The first-order valence-corrected chi connectivity index (χ1v) is 8.28. The minimum atomic E-state index is -0.878. The summed E-state index contributed by atoms with van der Waals surface area (Å²) in [6, 6.07) is 11.9. The van der Waals surface area contributed by atoms with Crippen LogP contribution in [0.15, 0.2) is 57.9 Å². The number of halogens is 2. The number of aromatic nitrogens is 1. The Bertz CT molecular complexity index is 1000. The summed E-state index contributed by atoms with van der Waals surface area (Å²) in [5.41, 5.74) is 6.97. The minimum Gasteiger partial charge on any atom is -0.449 e. The predicted molar refractivity (Wildman–Crippen MR) is 96.0 cm³/mol. The number of primary amides is 1. The molecular weight excluding hydrogens is 391 g/mol. The highest BCUT2D eigenvalue weighted by Crippen LogP contribution is 2.30. The number of carbonyl (C=O) groups is 1. The van der Waals surface area contributed by atoms with Crippen LogP contribution in [0.4, 0.5) is 9.18 Å². The van der Waals surface area contributed by atoms with Gasteiger partial charge >= 0.3 is 6.09 Å². The Morgan fingerprint density at radius 2 is 1.92 bits per heavy atom. The summed E-state index contributed by atoms with van der Waals surface area (Å²) in [5, 5.41) is 0. The Morgan fingerprint density at radius 3 is 2.60 bits per heavy atom. The molecule has 3 aromatic rings. The van der Waals surface area contributed by atoms with Gasteiger partial charge < -0.3 is 10.5 Å². The van der Waals surface area contributed by atoms with E-state index < -0.39 is 11.9 Å². The standard InChI is InChI=1S/C18H14BrFN2O3/c19-16-13(8-9-25-18(21)24)15(11-4-2-1-3-5-11)17(23)22-10-12(20)6-7-14(16)22/h1-7,10H,8-9H2,(H2,21,24). The molecule has 0 saturated heterocycles. The van der Waals surface area contributed by atoms with Crippen LogP contribution in [-0.4, -0.2) is 17.1 Å². The van der Waals surface area contributed by atoms with Gasteiger partial charge in [-0.15, -0.1) is 0 Å². The maximum absolute atomic E-state index is 13.6. The number of ether oxygens (including phenoxy) is 1. The molecule has 0 atom stereocenters. The van der Waals surface area contributed by atoms with E-state index in [1.165, 1.54) is 16.5 Å². The van der Waals surface area contributed by atoms with E-state index in [0.717, 1.165) is 6.20 Å². The Morgan fingerprint density at radius 1 is 1.20 bits per heavy atom. The number of rotatable bonds is 4. The highest BCUT2D eigenvalue weighted by Gasteiger charge is 2.18. The van der Waals surface area contributed by atoms with Crippen molar-refractivity contribution in [2.45, 2.75) is 6.42 Å². The van der Waals surface area contributed by atoms with Crippen LogP contribution in [0.2, 0.25) is 0 Å². The highest BCUT2D eigenvalue weighted by atomic mass is 79.9. The molecule has 2 N–H and O–H groups in total. The zero-order chi connectivity index (χ0) is 18.0. The molecule has 0 unspecified atom stereocenters. The second kappa shape index (κ2) is 7.06. The largest absolute Gasteiger partial charge is 0.449 e. The van der Waals surface area contributed by atoms with Crippen LogP contribution in [0.5, 0.6) is 0 Å². The summed E-state index contributed by atoms with van der Waals surface area (Å²) in [6.07, 6.45) is 0.562. The number of pyridine rings is 2. The van der Waals surface area contributed by atoms with Crippen molar-refractivity contribution in [1.82, 2.24) is 4.40 Å². The first kappa shape index (κ1) is 17.2. The number of nitrogens with two attached hydrogens (primary N) is 1. The molecule has 0 aliphatic heterocycles. The van der Waals surface area contributed by atoms with Crippen molar-refractivity contribution in [2.24, 2.45) is 5.73 Å². The fourth-order valence-corrected chi connectivity index (χ4v) is 3.45. The maximum atomic E-state index is 13.6. The summed E-state index contributed by atoms with van der Waals surface area (Å²) in [7, 11) is 0. The smallest absolute Gasteiger partial charge is 0.404 e. The quantitative estimate of drug-likeness (QED) is 0.722. The highest BCUT2D eigenvalue weighted by molar-refractivity contribution is 9.10. The molecule has 0 saturated carbocycles. The summed E-state index contributed by atoms with van der Waals surface area (Å²) in [5.74, 6) is -0.509. The van der Waals surface area contributed by atoms with E-state index in [0.29, 0.717) is 26.7 Å². The van der Waals surface area contributed by atoms with Crippen molar-refractivity contribution < 1.29 is 13.9 Å². The Labute approximate surface area is 151 Å². The van der Waals surface area contributed by atoms with Crippen LogP contribution in [-0.2, 0) is 11.2 Å². The lowest BCUT2D eigenvalue weighted by molar-refractivity contribution is 0.158. The van der Waals surface area contributed by atoms with Crippen LogP contribution in [0, 0.1) is 5.82 Å². The molecule has 0 bridgehead atoms. The zero-order valence-corrected chi connectivity index (χ0v) is 14.6. The number of nitrogens with zero attached hydrogens (tertiary/aromatic N) is 1. The fourth-order valence-electron chi connectivity index (χ4n) is 2.73. The molecule has 7 heteroatoms. The van der Waals surface area contributed by atoms with Gasteiger partial charge in [0.1, 0.15) is 5.82 Å². The first-order chi connectivity index (χ1) is 12.0. The van der Waals surface area contributed by atoms with Crippen LogP contribution in [0.25, 0.3) is 16.6 Å². The third-order valence-corrected chi connectivity index (χ3v) is 4.68. The summed E-state index contributed by atoms with van der Waals surface area (Å²) < 4.78 is 20.3. The van der Waals surface area contributed by atoms with Gasteiger partial charge in [0.25, 0.3) is 5.56 Å². The topological polar surface area (TPSA) is 73.8 Å². The Balaban J connectivity index is 2.27. The normalized spacial score (nSPS) is 10.8. The van der Waals surface area contributed by atoms with E-state index >= 15 is 0 Å². The fraction of sp³-hybridized carbons (Fsp3) is 0.111. The zero-order valence-electron chi connectivity index (χ0n) is 13.0. The number of carbonyl (C=O) groups excluding carboxylic acids is 1. The molecule has 1 aromatic carbocycles. The SMILES string of the molecule is NC(=O)OCCc1c(-c2ccccc2)c(=O)n2cc(F)ccc2c1Br. The van der Waals surface area contributed by atoms with Crippen molar-refractivity contribution in [3.63, 3.8) is 0 Å². The van der Waals surface area contributed by atoms with Crippen LogP contribution in [0.1, 0.15) is 5.56 Å². The summed E-state index contributed by atoms with van der Waals surface area (Å²) >= 11 is 3.50. The van der Waals surface area contributed by atoms with E-state index in [4.69, 9.17) is 10.5 Å². The van der Waals surface area contributed by atoms with Gasteiger partial charge in [0, 0.05) is 17.1 Å². The molecule has 25 heavy (non-hydrogen) atoms. The van der Waals surface area contributed by atoms with Crippen LogP contribution < -0.4 is 11.3 Å². The van der Waals surface area contributed by atoms with Crippen LogP contribution in [0.3, 0.4) is 0 Å². The summed E-state index contributed by atoms with van der Waals surface area (Å²) in [6.45, 7) is 0.0323. The van der Waals surface area contributed by atoms with Crippen molar-refractivity contribution in [3.8, 4) is 11.1 Å². The second-order valence-corrected chi connectivity index (χ2v) is 6.15. The predicted octanol–water partition coefficient (Wildman–Crippen LogP) is 3.51. The van der Waals surface area contributed by atoms with Gasteiger partial charge in [-0.2, -0.15) is 0 Å². The van der Waals surface area contributed by atoms with E-state index in [9.17, 15) is 14.0 Å². The monoisotopic (exact) mass is 404 g/mol. The van der Waals surface area contributed by atoms with E-state index in [1.807, 2.05) is 18.2 Å². The average Bonchev–Trinajstić information content (AvgIpc) is 2.59. The Kier molecular flexibility index (Phi) is 4.85. The summed E-state index contributed by atoms with van der Waals surface area (Å²) in [4.78, 5) is 23.8. The molecule has 2 heterocycles. The molecular formula is C18H14BrFN2O3. The Hall–Kier alpha value is -2.67. The third-order valence-electron chi connectivity index (χ3n) is 3.80. The number of fused-ring (bicyclic) bond motifs is 1. The molecule has 128 valence electrons. The molecule has 0 aliphatic carbocycles. The number of hydrogen-bond donors (Lipinski definition) is 1. The molecule has 2 aromatic heterocycles. The van der Waals surface area contributed by atoms with Gasteiger partial charge in [-0.1, -0.05) is 30.3 Å². The second-order valence-electron chi connectivity index (χ2n) is 5.36. The molecule has 5 nitrogen and oxygen atoms in total.